The second-order valence-corrected chi connectivity index (χ2v) is 17.9. The quantitative estimate of drug-likeness (QED) is 0.171. The number of ether oxygens (including phenoxy) is 5. The number of nitrogens with two attached hydrogens (primary N) is 1. The van der Waals surface area contributed by atoms with Gasteiger partial charge in [0, 0.05) is 83.0 Å². The van der Waals surface area contributed by atoms with Crippen LogP contribution in [0.2, 0.25) is 0 Å². The molecule has 1 spiro atoms. The summed E-state index contributed by atoms with van der Waals surface area (Å²) in [5.74, 6) is 1.30. The Bertz CT molecular complexity index is 2470. The van der Waals surface area contributed by atoms with E-state index in [9.17, 15) is 15.0 Å². The highest BCUT2D eigenvalue weighted by atomic mass is 32.2. The molecule has 57 heavy (non-hydrogen) atoms. The number of piperazine rings is 1. The SMILES string of the molecule is COc1c(C)cc2c(c1O)[C@@H]1C3[C@@H]4SC[C@]5(N[C@@H](CN)Cc6c5oc5ccccc65)C(=O)OC[C@@H](c5c6c(c(C)c(OC(C)=O)c54)OCO6)N3[C@]3(O)CN1[C@]2(C)C3. The van der Waals surface area contributed by atoms with Crippen LogP contribution in [0.25, 0.3) is 11.0 Å². The van der Waals surface area contributed by atoms with E-state index in [0.717, 1.165) is 27.6 Å². The first kappa shape index (κ1) is 35.6. The van der Waals surface area contributed by atoms with Crippen LogP contribution in [0.4, 0.5) is 0 Å². The molecule has 9 heterocycles. The number of aryl methyl sites for hydroxylation is 1. The molecular weight excluding hydrogens is 753 g/mol. The maximum absolute atomic E-state index is 15.0. The van der Waals surface area contributed by atoms with Gasteiger partial charge in [-0.3, -0.25) is 19.9 Å². The highest BCUT2D eigenvalue weighted by Crippen LogP contribution is 2.71. The molecule has 8 aliphatic heterocycles. The minimum atomic E-state index is -1.45. The Morgan fingerprint density at radius 3 is 2.68 bits per heavy atom. The zero-order valence-corrected chi connectivity index (χ0v) is 33.1. The summed E-state index contributed by atoms with van der Waals surface area (Å²) in [7, 11) is 1.55. The van der Waals surface area contributed by atoms with Gasteiger partial charge < -0.3 is 44.0 Å². The Morgan fingerprint density at radius 1 is 1.12 bits per heavy atom. The van der Waals surface area contributed by atoms with Crippen molar-refractivity contribution in [3.8, 4) is 28.7 Å². The summed E-state index contributed by atoms with van der Waals surface area (Å²) in [5.41, 5.74) is 8.85. The van der Waals surface area contributed by atoms with E-state index in [1.165, 1.54) is 18.7 Å². The zero-order chi connectivity index (χ0) is 39.5. The highest BCUT2D eigenvalue weighted by Gasteiger charge is 2.72. The Balaban J connectivity index is 1.19. The number of esters is 2. The molecule has 5 N–H and O–H groups in total. The first-order valence-electron chi connectivity index (χ1n) is 19.5. The lowest BCUT2D eigenvalue weighted by atomic mass is 9.75. The Labute approximate surface area is 332 Å². The fraction of sp³-hybridized carbons (Fsp3) is 0.476. The number of methoxy groups -OCH3 is 1. The number of para-hydroxylation sites is 1. The number of benzene rings is 3. The van der Waals surface area contributed by atoms with Gasteiger partial charge >= 0.3 is 11.9 Å². The molecule has 3 aromatic carbocycles. The minimum Gasteiger partial charge on any atom is -0.504 e. The average Bonchev–Trinajstić information content (AvgIpc) is 3.93. The number of phenolic OH excluding ortho intramolecular Hbond substituents is 1. The topological polar surface area (TPSA) is 178 Å². The number of hydrogen-bond donors (Lipinski definition) is 4. The van der Waals surface area contributed by atoms with E-state index in [0.29, 0.717) is 63.9 Å². The normalized spacial score (nSPS) is 33.2. The number of phenols is 1. The molecule has 1 aromatic heterocycles. The number of fused-ring (bicyclic) bond motifs is 11. The van der Waals surface area contributed by atoms with E-state index < -0.39 is 52.1 Å². The molecule has 15 heteroatoms. The van der Waals surface area contributed by atoms with Crippen molar-refractivity contribution >= 4 is 34.7 Å². The molecule has 4 aromatic rings. The van der Waals surface area contributed by atoms with Crippen LogP contribution in [0.3, 0.4) is 0 Å². The molecule has 0 saturated carbocycles. The molecule has 12 rings (SSSR count). The molecule has 8 atom stereocenters. The van der Waals surface area contributed by atoms with Crippen molar-refractivity contribution in [2.75, 3.05) is 39.4 Å². The Kier molecular flexibility index (Phi) is 7.37. The standard InChI is InChI=1S/C42H44N4O10S/c1-18-10-24-27(32(48)33(18)51-5)30-31-37-29-28(36-35(53-17-54-36)19(2)34(29)55-20(3)47)25(46(31)41(50)14-40(24,4)45(30)15-41)13-52-39(49)42(16-57-37)38-23(11-21(12-43)44-42)22-8-6-7-9-26(22)56-38/h6-10,21,25,30-31,37,44,48,50H,11-17,43H2,1-5H3/t21-,25+,30-,31?,37-,40-,41-,42-/m1/s1. The van der Waals surface area contributed by atoms with E-state index in [-0.39, 0.29) is 44.0 Å². The summed E-state index contributed by atoms with van der Waals surface area (Å²) < 4.78 is 37.5. The molecule has 298 valence electrons. The smallest absolute Gasteiger partial charge is 0.335 e. The third-order valence-electron chi connectivity index (χ3n) is 13.8. The van der Waals surface area contributed by atoms with E-state index in [2.05, 4.69) is 28.1 Å². The number of aromatic hydroxyl groups is 1. The van der Waals surface area contributed by atoms with Gasteiger partial charge in [-0.25, -0.2) is 4.79 Å². The summed E-state index contributed by atoms with van der Waals surface area (Å²) in [5, 5.41) is 29.3. The Hall–Kier alpha value is -4.51. The highest BCUT2D eigenvalue weighted by molar-refractivity contribution is 7.99. The molecule has 8 aliphatic rings. The fourth-order valence-electron chi connectivity index (χ4n) is 11.7. The molecule has 4 bridgehead atoms. The van der Waals surface area contributed by atoms with E-state index in [4.69, 9.17) is 33.8 Å². The minimum absolute atomic E-state index is 0.0542. The number of rotatable bonds is 3. The second kappa shape index (κ2) is 11.8. The number of furan rings is 1. The fourth-order valence-corrected chi connectivity index (χ4v) is 13.3. The summed E-state index contributed by atoms with van der Waals surface area (Å²) >= 11 is 1.49. The summed E-state index contributed by atoms with van der Waals surface area (Å²) in [4.78, 5) is 32.5. The number of carbonyl (C=O) groups is 2. The van der Waals surface area contributed by atoms with Gasteiger partial charge in [0.05, 0.1) is 24.4 Å². The maximum Gasteiger partial charge on any atom is 0.335 e. The van der Waals surface area contributed by atoms with Crippen LogP contribution >= 0.6 is 11.8 Å². The third kappa shape index (κ3) is 4.39. The van der Waals surface area contributed by atoms with Crippen LogP contribution in [0.5, 0.6) is 28.7 Å². The van der Waals surface area contributed by atoms with Crippen molar-refractivity contribution in [2.24, 2.45) is 5.73 Å². The predicted octanol–water partition coefficient (Wildman–Crippen LogP) is 4.22. The van der Waals surface area contributed by atoms with Crippen molar-refractivity contribution in [1.82, 2.24) is 15.1 Å². The molecule has 0 amide bonds. The lowest BCUT2D eigenvalue weighted by Gasteiger charge is -2.59. The lowest BCUT2D eigenvalue weighted by molar-refractivity contribution is -0.196. The summed E-state index contributed by atoms with van der Waals surface area (Å²) in [6, 6.07) is 7.76. The van der Waals surface area contributed by atoms with Crippen LogP contribution in [-0.4, -0.2) is 89.1 Å². The number of nitrogens with one attached hydrogen (secondary N) is 1. The summed E-state index contributed by atoms with van der Waals surface area (Å²) in [6.45, 7) is 7.55. The number of nitrogens with zero attached hydrogens (tertiary/aromatic N) is 2. The summed E-state index contributed by atoms with van der Waals surface area (Å²) in [6.07, 6.45) is 0.879. The van der Waals surface area contributed by atoms with Crippen LogP contribution in [0.15, 0.2) is 34.7 Å². The molecule has 1 unspecified atom stereocenters. The number of aliphatic hydroxyl groups is 1. The van der Waals surface area contributed by atoms with Crippen molar-refractivity contribution in [3.05, 3.63) is 75.0 Å². The second-order valence-electron chi connectivity index (χ2n) is 16.8. The van der Waals surface area contributed by atoms with Gasteiger partial charge in [0.1, 0.15) is 29.4 Å². The van der Waals surface area contributed by atoms with Gasteiger partial charge in [-0.05, 0) is 50.5 Å². The average molecular weight is 797 g/mol. The first-order valence-corrected chi connectivity index (χ1v) is 20.5. The number of hydrogen-bond acceptors (Lipinski definition) is 15. The van der Waals surface area contributed by atoms with Crippen LogP contribution < -0.4 is 30.0 Å². The third-order valence-corrected chi connectivity index (χ3v) is 15.2. The van der Waals surface area contributed by atoms with E-state index in [1.54, 1.807) is 7.11 Å². The van der Waals surface area contributed by atoms with Crippen LogP contribution in [0.1, 0.15) is 82.3 Å². The van der Waals surface area contributed by atoms with Gasteiger partial charge in [0.2, 0.25) is 6.79 Å². The monoisotopic (exact) mass is 796 g/mol. The van der Waals surface area contributed by atoms with Gasteiger partial charge in [0.15, 0.2) is 28.5 Å². The van der Waals surface area contributed by atoms with E-state index in [1.807, 2.05) is 38.1 Å². The van der Waals surface area contributed by atoms with Crippen molar-refractivity contribution in [3.63, 3.8) is 0 Å². The number of carbonyl (C=O) groups excluding carboxylic acids is 2. The lowest BCUT2D eigenvalue weighted by Crippen LogP contribution is -2.67. The van der Waals surface area contributed by atoms with Crippen molar-refractivity contribution in [1.29, 1.82) is 0 Å². The molecule has 0 aliphatic carbocycles. The predicted molar refractivity (Wildman–Crippen MR) is 206 cm³/mol. The largest absolute Gasteiger partial charge is 0.504 e. The van der Waals surface area contributed by atoms with Gasteiger partial charge in [-0.15, -0.1) is 11.8 Å². The Morgan fingerprint density at radius 2 is 1.91 bits per heavy atom. The van der Waals surface area contributed by atoms with Gasteiger partial charge in [-0.1, -0.05) is 18.2 Å². The molecule has 3 fully saturated rings. The molecule has 14 nitrogen and oxygen atoms in total. The molecular formula is C42H44N4O10S. The van der Waals surface area contributed by atoms with Crippen LogP contribution in [0, 0.1) is 13.8 Å². The zero-order valence-electron chi connectivity index (χ0n) is 32.3. The van der Waals surface area contributed by atoms with E-state index >= 15 is 4.79 Å². The van der Waals surface area contributed by atoms with Gasteiger partial charge in [-0.2, -0.15) is 0 Å². The molecule has 0 radical (unpaired) electrons. The maximum atomic E-state index is 15.0. The molecule has 3 saturated heterocycles. The van der Waals surface area contributed by atoms with Gasteiger partial charge in [0.25, 0.3) is 0 Å². The van der Waals surface area contributed by atoms with Crippen molar-refractivity contribution < 1.29 is 47.9 Å². The van der Waals surface area contributed by atoms with Crippen LogP contribution in [-0.2, 0) is 31.8 Å². The first-order chi connectivity index (χ1) is 27.3. The van der Waals surface area contributed by atoms with Crippen molar-refractivity contribution in [2.45, 2.75) is 86.8 Å². The number of thioether (sulfide) groups is 1.